The number of aliphatic hydroxyl groups is 1. The van der Waals surface area contributed by atoms with Gasteiger partial charge in [0, 0.05) is 0 Å². The fraction of sp³-hybridized carbons (Fsp3) is 0.286. The molecule has 13 heavy (non-hydrogen) atoms. The molecule has 1 atom stereocenters. The zero-order valence-electron chi connectivity index (χ0n) is 6.61. The SMILES string of the molecule is COC(=O)C(F)C(O)=C(C#N)C#N. The van der Waals surface area contributed by atoms with E-state index in [4.69, 9.17) is 15.6 Å². The Morgan fingerprint density at radius 1 is 1.54 bits per heavy atom. The molecule has 6 heteroatoms. The molecule has 0 aliphatic rings. The molecule has 0 aromatic carbocycles. The number of rotatable bonds is 2. The van der Waals surface area contributed by atoms with Gasteiger partial charge in [-0.3, -0.25) is 0 Å². The summed E-state index contributed by atoms with van der Waals surface area (Å²) in [5.41, 5.74) is -0.849. The summed E-state index contributed by atoms with van der Waals surface area (Å²) in [5, 5.41) is 25.2. The lowest BCUT2D eigenvalue weighted by Gasteiger charge is -2.03. The van der Waals surface area contributed by atoms with Crippen molar-refractivity contribution >= 4 is 5.97 Å². The van der Waals surface area contributed by atoms with Crippen LogP contribution in [0.5, 0.6) is 0 Å². The van der Waals surface area contributed by atoms with Crippen LogP contribution in [0, 0.1) is 22.7 Å². The Balaban J connectivity index is 4.91. The van der Waals surface area contributed by atoms with Crippen molar-refractivity contribution in [3.05, 3.63) is 11.3 Å². The fourth-order valence-corrected chi connectivity index (χ4v) is 0.481. The first-order valence-corrected chi connectivity index (χ1v) is 3.03. The molecule has 68 valence electrons. The molecular weight excluding hydrogens is 179 g/mol. The number of nitriles is 2. The summed E-state index contributed by atoms with van der Waals surface area (Å²) in [4.78, 5) is 10.5. The average molecular weight is 184 g/mol. The van der Waals surface area contributed by atoms with Gasteiger partial charge in [-0.15, -0.1) is 0 Å². The number of carbonyl (C=O) groups is 1. The topological polar surface area (TPSA) is 94.1 Å². The molecule has 0 heterocycles. The lowest BCUT2D eigenvalue weighted by Crippen LogP contribution is -2.20. The van der Waals surface area contributed by atoms with E-state index in [2.05, 4.69) is 4.74 Å². The van der Waals surface area contributed by atoms with Crippen LogP contribution in [0.25, 0.3) is 0 Å². The van der Waals surface area contributed by atoms with E-state index in [1.54, 1.807) is 0 Å². The molecule has 0 amide bonds. The molecule has 0 radical (unpaired) electrons. The van der Waals surface area contributed by atoms with Crippen LogP contribution in [0.1, 0.15) is 0 Å². The molecule has 0 aliphatic heterocycles. The highest BCUT2D eigenvalue weighted by Crippen LogP contribution is 2.09. The summed E-state index contributed by atoms with van der Waals surface area (Å²) >= 11 is 0. The van der Waals surface area contributed by atoms with Gasteiger partial charge in [-0.05, 0) is 0 Å². The van der Waals surface area contributed by atoms with Crippen LogP contribution in [0.4, 0.5) is 4.39 Å². The largest absolute Gasteiger partial charge is 0.507 e. The molecule has 0 aliphatic carbocycles. The van der Waals surface area contributed by atoms with Crippen LogP contribution < -0.4 is 0 Å². The smallest absolute Gasteiger partial charge is 0.348 e. The van der Waals surface area contributed by atoms with E-state index < -0.39 is 23.5 Å². The van der Waals surface area contributed by atoms with E-state index in [0.717, 1.165) is 7.11 Å². The number of halogens is 1. The summed E-state index contributed by atoms with van der Waals surface area (Å²) < 4.78 is 16.7. The number of carbonyl (C=O) groups excluding carboxylic acids is 1. The van der Waals surface area contributed by atoms with Crippen LogP contribution >= 0.6 is 0 Å². The van der Waals surface area contributed by atoms with Gasteiger partial charge in [-0.25, -0.2) is 9.18 Å². The summed E-state index contributed by atoms with van der Waals surface area (Å²) in [6, 6.07) is 2.46. The molecule has 5 nitrogen and oxygen atoms in total. The number of hydrogen-bond donors (Lipinski definition) is 1. The number of nitrogens with zero attached hydrogens (tertiary/aromatic N) is 2. The quantitative estimate of drug-likeness (QED) is 0.379. The molecule has 1 N–H and O–H groups in total. The molecule has 0 aromatic rings. The average Bonchev–Trinajstić information content (AvgIpc) is 2.17. The monoisotopic (exact) mass is 184 g/mol. The minimum atomic E-state index is -2.49. The first-order chi connectivity index (χ1) is 6.08. The number of hydrogen-bond acceptors (Lipinski definition) is 5. The minimum absolute atomic E-state index is 0.849. The standard InChI is InChI=1S/C7H5FN2O3/c1-13-7(12)5(8)6(11)4(2-9)3-10/h5,11H,1H3. The fourth-order valence-electron chi connectivity index (χ4n) is 0.481. The third kappa shape index (κ3) is 2.46. The van der Waals surface area contributed by atoms with Crippen molar-refractivity contribution in [2.45, 2.75) is 6.17 Å². The van der Waals surface area contributed by atoms with E-state index >= 15 is 0 Å². The number of aliphatic hydroxyl groups excluding tert-OH is 1. The van der Waals surface area contributed by atoms with E-state index in [9.17, 15) is 9.18 Å². The summed E-state index contributed by atoms with van der Waals surface area (Å²) in [5.74, 6) is -2.59. The maximum atomic E-state index is 12.7. The van der Waals surface area contributed by atoms with Crippen molar-refractivity contribution in [1.82, 2.24) is 0 Å². The maximum Gasteiger partial charge on any atom is 0.348 e. The van der Waals surface area contributed by atoms with Crippen molar-refractivity contribution in [3.63, 3.8) is 0 Å². The Morgan fingerprint density at radius 2 is 2.00 bits per heavy atom. The highest BCUT2D eigenvalue weighted by atomic mass is 19.1. The Morgan fingerprint density at radius 3 is 2.31 bits per heavy atom. The molecule has 0 rings (SSSR count). The number of ether oxygens (including phenoxy) is 1. The van der Waals surface area contributed by atoms with Gasteiger partial charge in [0.15, 0.2) is 11.3 Å². The Bertz CT molecular complexity index is 308. The van der Waals surface area contributed by atoms with Crippen LogP contribution in [0.3, 0.4) is 0 Å². The molecule has 0 saturated carbocycles. The van der Waals surface area contributed by atoms with Crippen LogP contribution in [0.2, 0.25) is 0 Å². The highest BCUT2D eigenvalue weighted by Gasteiger charge is 2.25. The first kappa shape index (κ1) is 10.9. The highest BCUT2D eigenvalue weighted by molar-refractivity contribution is 5.78. The van der Waals surface area contributed by atoms with Crippen molar-refractivity contribution in [2.75, 3.05) is 7.11 Å². The lowest BCUT2D eigenvalue weighted by molar-refractivity contribution is -0.145. The van der Waals surface area contributed by atoms with Gasteiger partial charge in [0.25, 0.3) is 6.17 Å². The van der Waals surface area contributed by atoms with Crippen molar-refractivity contribution < 1.29 is 19.0 Å². The van der Waals surface area contributed by atoms with Gasteiger partial charge in [-0.2, -0.15) is 10.5 Å². The zero-order chi connectivity index (χ0) is 10.4. The second-order valence-corrected chi connectivity index (χ2v) is 1.87. The van der Waals surface area contributed by atoms with E-state index in [0.29, 0.717) is 0 Å². The van der Waals surface area contributed by atoms with E-state index in [1.807, 2.05) is 0 Å². The van der Waals surface area contributed by atoms with E-state index in [-0.39, 0.29) is 0 Å². The third-order valence-corrected chi connectivity index (χ3v) is 1.13. The summed E-state index contributed by atoms with van der Waals surface area (Å²) in [6.45, 7) is 0. The minimum Gasteiger partial charge on any atom is -0.507 e. The predicted molar refractivity (Wildman–Crippen MR) is 37.8 cm³/mol. The predicted octanol–water partition coefficient (Wildman–Crippen LogP) is 0.357. The normalized spacial score (nSPS) is 10.5. The van der Waals surface area contributed by atoms with Crippen LogP contribution in [-0.2, 0) is 9.53 Å². The molecule has 0 saturated heterocycles. The second-order valence-electron chi connectivity index (χ2n) is 1.87. The van der Waals surface area contributed by atoms with Gasteiger partial charge in [-0.1, -0.05) is 0 Å². The Labute approximate surface area is 73.3 Å². The number of esters is 1. The number of methoxy groups -OCH3 is 1. The van der Waals surface area contributed by atoms with Crippen molar-refractivity contribution in [3.8, 4) is 12.1 Å². The van der Waals surface area contributed by atoms with Crippen LogP contribution in [0.15, 0.2) is 11.3 Å². The zero-order valence-corrected chi connectivity index (χ0v) is 6.61. The molecule has 0 bridgehead atoms. The van der Waals surface area contributed by atoms with E-state index in [1.165, 1.54) is 12.1 Å². The first-order valence-electron chi connectivity index (χ1n) is 3.03. The molecule has 1 unspecified atom stereocenters. The van der Waals surface area contributed by atoms with Gasteiger partial charge < -0.3 is 9.84 Å². The van der Waals surface area contributed by atoms with Gasteiger partial charge >= 0.3 is 5.97 Å². The maximum absolute atomic E-state index is 12.7. The van der Waals surface area contributed by atoms with Gasteiger partial charge in [0.05, 0.1) is 7.11 Å². The molecule has 0 spiro atoms. The second kappa shape index (κ2) is 4.73. The Hall–Kier alpha value is -2.08. The molecule has 0 aromatic heterocycles. The number of allylic oxidation sites excluding steroid dienone is 1. The van der Waals surface area contributed by atoms with Gasteiger partial charge in [0.1, 0.15) is 12.1 Å². The molecule has 0 fully saturated rings. The number of alkyl halides is 1. The van der Waals surface area contributed by atoms with Crippen molar-refractivity contribution in [1.29, 1.82) is 10.5 Å². The molecular formula is C7H5FN2O3. The Kier molecular flexibility index (Phi) is 3.97. The van der Waals surface area contributed by atoms with Crippen LogP contribution in [-0.4, -0.2) is 24.4 Å². The summed E-state index contributed by atoms with van der Waals surface area (Å²) in [7, 11) is 0.917. The third-order valence-electron chi connectivity index (χ3n) is 1.13. The van der Waals surface area contributed by atoms with Gasteiger partial charge in [0.2, 0.25) is 0 Å². The lowest BCUT2D eigenvalue weighted by atomic mass is 10.2. The summed E-state index contributed by atoms with van der Waals surface area (Å²) in [6.07, 6.45) is -2.49. The van der Waals surface area contributed by atoms with Crippen molar-refractivity contribution in [2.24, 2.45) is 0 Å².